The molecule has 1 fully saturated rings. The van der Waals surface area contributed by atoms with E-state index in [2.05, 4.69) is 22.0 Å². The van der Waals surface area contributed by atoms with E-state index < -0.39 is 0 Å². The van der Waals surface area contributed by atoms with Crippen molar-refractivity contribution >= 4 is 17.5 Å². The van der Waals surface area contributed by atoms with Gasteiger partial charge >= 0.3 is 0 Å². The molecule has 140 valence electrons. The topological polar surface area (TPSA) is 62.5 Å². The molecular weight excluding hydrogens is 352 g/mol. The Morgan fingerprint density at radius 3 is 2.96 bits per heavy atom. The van der Waals surface area contributed by atoms with Crippen molar-refractivity contribution in [1.82, 2.24) is 19.9 Å². The van der Waals surface area contributed by atoms with Crippen molar-refractivity contribution < 1.29 is 9.32 Å². The number of benzene rings is 1. The van der Waals surface area contributed by atoms with Crippen LogP contribution >= 0.6 is 11.6 Å². The molecule has 0 radical (unpaired) electrons. The lowest BCUT2D eigenvalue weighted by Gasteiger charge is -2.21. The molecule has 3 rings (SSSR count). The third-order valence-corrected chi connectivity index (χ3v) is 4.80. The molecule has 0 bridgehead atoms. The zero-order valence-corrected chi connectivity index (χ0v) is 15.9. The smallest absolute Gasteiger partial charge is 0.253 e. The Kier molecular flexibility index (Phi) is 6.63. The molecule has 1 aromatic carbocycles. The second-order valence-electron chi connectivity index (χ2n) is 6.64. The van der Waals surface area contributed by atoms with Gasteiger partial charge in [-0.1, -0.05) is 36.2 Å². The Hall–Kier alpha value is -1.92. The number of hydrogen-bond donors (Lipinski definition) is 0. The van der Waals surface area contributed by atoms with Crippen molar-refractivity contribution in [1.29, 1.82) is 0 Å². The maximum absolute atomic E-state index is 12.7. The summed E-state index contributed by atoms with van der Waals surface area (Å²) in [6, 6.07) is 7.13. The molecule has 1 aliphatic heterocycles. The Bertz CT molecular complexity index is 734. The van der Waals surface area contributed by atoms with E-state index in [1.807, 2.05) is 17.0 Å². The zero-order chi connectivity index (χ0) is 18.4. The minimum atomic E-state index is 0.0377. The average molecular weight is 377 g/mol. The first-order valence-electron chi connectivity index (χ1n) is 9.24. The molecule has 1 aliphatic rings. The number of carbonyl (C=O) groups excluding carboxylic acids is 1. The fraction of sp³-hybridized carbons (Fsp3) is 0.526. The van der Waals surface area contributed by atoms with Gasteiger partial charge in [-0.15, -0.1) is 0 Å². The Morgan fingerprint density at radius 2 is 2.15 bits per heavy atom. The van der Waals surface area contributed by atoms with Gasteiger partial charge in [0.15, 0.2) is 5.82 Å². The highest BCUT2D eigenvalue weighted by Gasteiger charge is 2.21. The van der Waals surface area contributed by atoms with E-state index in [9.17, 15) is 4.79 Å². The van der Waals surface area contributed by atoms with Gasteiger partial charge < -0.3 is 9.42 Å². The highest BCUT2D eigenvalue weighted by Crippen LogP contribution is 2.15. The van der Waals surface area contributed by atoms with Crippen LogP contribution in [-0.2, 0) is 13.0 Å². The first-order chi connectivity index (χ1) is 12.7. The molecule has 2 heterocycles. The summed E-state index contributed by atoms with van der Waals surface area (Å²) in [4.78, 5) is 21.3. The number of carbonyl (C=O) groups is 1. The van der Waals surface area contributed by atoms with Gasteiger partial charge in [0, 0.05) is 43.2 Å². The standard InChI is InChI=1S/C19H25ClN4O2/c1-2-3-8-18-21-17(22-26-18)14-23-9-5-10-24(12-11-23)19(25)15-6-4-7-16(20)13-15/h4,6-7,13H,2-3,5,8-12,14H2,1H3. The van der Waals surface area contributed by atoms with E-state index in [0.29, 0.717) is 23.7 Å². The summed E-state index contributed by atoms with van der Waals surface area (Å²) in [5.41, 5.74) is 0.643. The molecule has 0 atom stereocenters. The molecule has 7 heteroatoms. The molecule has 0 N–H and O–H groups in total. The van der Waals surface area contributed by atoms with Gasteiger partial charge in [0.2, 0.25) is 5.89 Å². The summed E-state index contributed by atoms with van der Waals surface area (Å²) in [5.74, 6) is 1.48. The normalized spacial score (nSPS) is 15.8. The number of halogens is 1. The highest BCUT2D eigenvalue weighted by molar-refractivity contribution is 6.30. The number of nitrogens with zero attached hydrogens (tertiary/aromatic N) is 4. The Labute approximate surface area is 159 Å². The van der Waals surface area contributed by atoms with Gasteiger partial charge in [0.05, 0.1) is 6.54 Å². The number of aryl methyl sites for hydroxylation is 1. The number of rotatable bonds is 6. The van der Waals surface area contributed by atoms with Crippen LogP contribution in [0.25, 0.3) is 0 Å². The van der Waals surface area contributed by atoms with Crippen molar-refractivity contribution in [2.75, 3.05) is 26.2 Å². The van der Waals surface area contributed by atoms with Crippen LogP contribution in [0.1, 0.15) is 48.3 Å². The maximum Gasteiger partial charge on any atom is 0.253 e. The van der Waals surface area contributed by atoms with Crippen LogP contribution in [0.15, 0.2) is 28.8 Å². The van der Waals surface area contributed by atoms with E-state index >= 15 is 0 Å². The second kappa shape index (κ2) is 9.14. The maximum atomic E-state index is 12.7. The lowest BCUT2D eigenvalue weighted by atomic mass is 10.2. The van der Waals surface area contributed by atoms with E-state index in [1.165, 1.54) is 0 Å². The molecule has 0 spiro atoms. The van der Waals surface area contributed by atoms with Gasteiger partial charge in [-0.3, -0.25) is 9.69 Å². The zero-order valence-electron chi connectivity index (χ0n) is 15.2. The summed E-state index contributed by atoms with van der Waals surface area (Å²) in [6.45, 7) is 5.95. The molecule has 6 nitrogen and oxygen atoms in total. The molecule has 26 heavy (non-hydrogen) atoms. The Balaban J connectivity index is 1.54. The van der Waals surface area contributed by atoms with Crippen molar-refractivity contribution in [2.24, 2.45) is 0 Å². The Morgan fingerprint density at radius 1 is 1.27 bits per heavy atom. The average Bonchev–Trinajstić information content (AvgIpc) is 2.95. The van der Waals surface area contributed by atoms with Gasteiger partial charge in [-0.2, -0.15) is 4.98 Å². The fourth-order valence-corrected chi connectivity index (χ4v) is 3.31. The molecule has 0 saturated carbocycles. The molecule has 1 aromatic heterocycles. The van der Waals surface area contributed by atoms with Crippen molar-refractivity contribution in [3.8, 4) is 0 Å². The second-order valence-corrected chi connectivity index (χ2v) is 7.08. The minimum absolute atomic E-state index is 0.0377. The lowest BCUT2D eigenvalue weighted by molar-refractivity contribution is 0.0761. The van der Waals surface area contributed by atoms with Crippen LogP contribution in [0.5, 0.6) is 0 Å². The predicted octanol–water partition coefficient (Wildman–Crippen LogP) is 3.41. The third-order valence-electron chi connectivity index (χ3n) is 4.57. The quantitative estimate of drug-likeness (QED) is 0.773. The van der Waals surface area contributed by atoms with E-state index in [1.54, 1.807) is 12.1 Å². The van der Waals surface area contributed by atoms with Crippen LogP contribution in [0.4, 0.5) is 0 Å². The number of hydrogen-bond acceptors (Lipinski definition) is 5. The first-order valence-corrected chi connectivity index (χ1v) is 9.62. The van der Waals surface area contributed by atoms with E-state index in [4.69, 9.17) is 16.1 Å². The fourth-order valence-electron chi connectivity index (χ4n) is 3.12. The molecule has 2 aromatic rings. The molecule has 0 aliphatic carbocycles. The number of unbranched alkanes of at least 4 members (excludes halogenated alkanes) is 1. The van der Waals surface area contributed by atoms with Gasteiger partial charge in [0.1, 0.15) is 0 Å². The summed E-state index contributed by atoms with van der Waals surface area (Å²) >= 11 is 6.01. The SMILES string of the molecule is CCCCc1nc(CN2CCCN(C(=O)c3cccc(Cl)c3)CC2)no1. The first kappa shape index (κ1) is 18.9. The van der Waals surface area contributed by atoms with Gasteiger partial charge in [-0.25, -0.2) is 0 Å². The third kappa shape index (κ3) is 5.05. The highest BCUT2D eigenvalue weighted by atomic mass is 35.5. The van der Waals surface area contributed by atoms with Crippen molar-refractivity contribution in [3.63, 3.8) is 0 Å². The number of aromatic nitrogens is 2. The summed E-state index contributed by atoms with van der Waals surface area (Å²) in [5, 5.41) is 4.67. The van der Waals surface area contributed by atoms with Crippen LogP contribution in [0, 0.1) is 0 Å². The molecule has 0 unspecified atom stereocenters. The van der Waals surface area contributed by atoms with E-state index in [0.717, 1.165) is 57.0 Å². The largest absolute Gasteiger partial charge is 0.339 e. The van der Waals surface area contributed by atoms with Crippen molar-refractivity contribution in [3.05, 3.63) is 46.6 Å². The summed E-state index contributed by atoms with van der Waals surface area (Å²) in [6.07, 6.45) is 3.94. The summed E-state index contributed by atoms with van der Waals surface area (Å²) < 4.78 is 5.30. The van der Waals surface area contributed by atoms with E-state index in [-0.39, 0.29) is 5.91 Å². The van der Waals surface area contributed by atoms with Gasteiger partial charge in [-0.05, 0) is 31.0 Å². The van der Waals surface area contributed by atoms with Crippen LogP contribution < -0.4 is 0 Å². The summed E-state index contributed by atoms with van der Waals surface area (Å²) in [7, 11) is 0. The number of amides is 1. The van der Waals surface area contributed by atoms with Crippen LogP contribution in [-0.4, -0.2) is 52.0 Å². The monoisotopic (exact) mass is 376 g/mol. The molecule has 1 saturated heterocycles. The molecular formula is C19H25ClN4O2. The molecule has 1 amide bonds. The van der Waals surface area contributed by atoms with Crippen LogP contribution in [0.3, 0.4) is 0 Å². The van der Waals surface area contributed by atoms with Gasteiger partial charge in [0.25, 0.3) is 5.91 Å². The lowest BCUT2D eigenvalue weighted by Crippen LogP contribution is -2.35. The van der Waals surface area contributed by atoms with Crippen molar-refractivity contribution in [2.45, 2.75) is 39.2 Å². The predicted molar refractivity (Wildman–Crippen MR) is 100 cm³/mol. The minimum Gasteiger partial charge on any atom is -0.339 e. The van der Waals surface area contributed by atoms with Crippen LogP contribution in [0.2, 0.25) is 5.02 Å².